The number of rotatable bonds is 6. The number of hydrogen-bond acceptors (Lipinski definition) is 6. The second-order valence-electron chi connectivity index (χ2n) is 5.22. The van der Waals surface area contributed by atoms with Gasteiger partial charge in [0.05, 0.1) is 24.9 Å². The number of hydrogen-bond donors (Lipinski definition) is 1. The Morgan fingerprint density at radius 2 is 2.24 bits per heavy atom. The standard InChI is InChI=1S/C18H16BrN3O2S/c1-2-24-17(23)9-14-11-25-18(21-14)22-20-10-12-7-13-5-3-4-6-15(13)16(19)8-12/h3-8,10-11H,2,9H2,1H3,(H,21,22). The zero-order valence-corrected chi connectivity index (χ0v) is 15.9. The Morgan fingerprint density at radius 3 is 3.08 bits per heavy atom. The van der Waals surface area contributed by atoms with Crippen LogP contribution in [0.4, 0.5) is 5.13 Å². The number of nitrogens with one attached hydrogen (secondary N) is 1. The Balaban J connectivity index is 1.65. The number of nitrogens with zero attached hydrogens (tertiary/aromatic N) is 2. The number of fused-ring (bicyclic) bond motifs is 1. The highest BCUT2D eigenvalue weighted by atomic mass is 79.9. The van der Waals surface area contributed by atoms with Crippen molar-refractivity contribution in [2.75, 3.05) is 12.0 Å². The monoisotopic (exact) mass is 417 g/mol. The van der Waals surface area contributed by atoms with Crippen molar-refractivity contribution in [3.8, 4) is 0 Å². The summed E-state index contributed by atoms with van der Waals surface area (Å²) in [4.78, 5) is 15.8. The van der Waals surface area contributed by atoms with E-state index in [1.807, 2.05) is 23.6 Å². The number of carbonyl (C=O) groups is 1. The Labute approximate surface area is 157 Å². The van der Waals surface area contributed by atoms with Gasteiger partial charge in [-0.25, -0.2) is 4.98 Å². The minimum Gasteiger partial charge on any atom is -0.466 e. The van der Waals surface area contributed by atoms with Crippen LogP contribution in [0.3, 0.4) is 0 Å². The summed E-state index contributed by atoms with van der Waals surface area (Å²) in [6.07, 6.45) is 1.91. The van der Waals surface area contributed by atoms with E-state index in [1.165, 1.54) is 11.3 Å². The number of halogens is 1. The Kier molecular flexibility index (Phi) is 5.78. The molecule has 0 unspecified atom stereocenters. The van der Waals surface area contributed by atoms with Crippen molar-refractivity contribution >= 4 is 55.4 Å². The molecule has 1 heterocycles. The van der Waals surface area contributed by atoms with Crippen LogP contribution in [-0.4, -0.2) is 23.8 Å². The lowest BCUT2D eigenvalue weighted by Crippen LogP contribution is -2.07. The van der Waals surface area contributed by atoms with Crippen LogP contribution in [0.25, 0.3) is 10.8 Å². The normalized spacial score (nSPS) is 11.1. The lowest BCUT2D eigenvalue weighted by molar-refractivity contribution is -0.142. The van der Waals surface area contributed by atoms with Crippen LogP contribution in [0.5, 0.6) is 0 Å². The van der Waals surface area contributed by atoms with Crippen molar-refractivity contribution in [3.63, 3.8) is 0 Å². The molecule has 0 aliphatic carbocycles. The average Bonchev–Trinajstić information content (AvgIpc) is 3.02. The van der Waals surface area contributed by atoms with Crippen LogP contribution in [-0.2, 0) is 16.0 Å². The third-order valence-electron chi connectivity index (χ3n) is 3.39. The predicted octanol–water partition coefficient (Wildman–Crippen LogP) is 4.61. The molecule has 0 saturated heterocycles. The van der Waals surface area contributed by atoms with E-state index in [2.05, 4.69) is 49.6 Å². The Morgan fingerprint density at radius 1 is 1.40 bits per heavy atom. The number of ether oxygens (including phenoxy) is 1. The molecule has 5 nitrogen and oxygen atoms in total. The summed E-state index contributed by atoms with van der Waals surface area (Å²) in [6, 6.07) is 12.2. The molecule has 3 aromatic rings. The molecule has 0 spiro atoms. The summed E-state index contributed by atoms with van der Waals surface area (Å²) < 4.78 is 5.94. The van der Waals surface area contributed by atoms with E-state index in [9.17, 15) is 4.79 Å². The van der Waals surface area contributed by atoms with Gasteiger partial charge in [-0.3, -0.25) is 10.2 Å². The van der Waals surface area contributed by atoms with Crippen LogP contribution < -0.4 is 5.43 Å². The molecule has 0 amide bonds. The SMILES string of the molecule is CCOC(=O)Cc1csc(NN=Cc2cc(Br)c3ccccc3c2)n1. The maximum absolute atomic E-state index is 11.4. The molecule has 0 saturated carbocycles. The van der Waals surface area contributed by atoms with E-state index in [4.69, 9.17) is 4.74 Å². The zero-order chi connectivity index (χ0) is 17.6. The van der Waals surface area contributed by atoms with Crippen LogP contribution in [0.15, 0.2) is 51.4 Å². The van der Waals surface area contributed by atoms with Gasteiger partial charge in [0, 0.05) is 9.85 Å². The molecular weight excluding hydrogens is 402 g/mol. The Hall–Kier alpha value is -2.25. The van der Waals surface area contributed by atoms with Crippen LogP contribution in [0.1, 0.15) is 18.2 Å². The summed E-state index contributed by atoms with van der Waals surface area (Å²) in [7, 11) is 0. The summed E-state index contributed by atoms with van der Waals surface area (Å²) in [6.45, 7) is 2.16. The van der Waals surface area contributed by atoms with Crippen molar-refractivity contribution < 1.29 is 9.53 Å². The summed E-state index contributed by atoms with van der Waals surface area (Å²) in [5, 5.41) is 8.99. The highest BCUT2D eigenvalue weighted by Crippen LogP contribution is 2.25. The molecular formula is C18H16BrN3O2S. The first-order valence-electron chi connectivity index (χ1n) is 7.73. The molecule has 3 rings (SSSR count). The molecule has 1 N–H and O–H groups in total. The topological polar surface area (TPSA) is 63.6 Å². The van der Waals surface area contributed by atoms with Crippen LogP contribution >= 0.6 is 27.3 Å². The number of benzene rings is 2. The van der Waals surface area contributed by atoms with Gasteiger partial charge in [0.1, 0.15) is 0 Å². The number of carbonyl (C=O) groups excluding carboxylic acids is 1. The van der Waals surface area contributed by atoms with E-state index in [-0.39, 0.29) is 12.4 Å². The summed E-state index contributed by atoms with van der Waals surface area (Å²) in [5.41, 5.74) is 4.54. The van der Waals surface area contributed by atoms with Gasteiger partial charge in [-0.2, -0.15) is 5.10 Å². The van der Waals surface area contributed by atoms with Gasteiger partial charge >= 0.3 is 5.97 Å². The molecule has 1 aromatic heterocycles. The molecule has 25 heavy (non-hydrogen) atoms. The molecule has 7 heteroatoms. The van der Waals surface area contributed by atoms with Gasteiger partial charge in [-0.1, -0.05) is 40.2 Å². The van der Waals surface area contributed by atoms with Crippen molar-refractivity contribution in [2.24, 2.45) is 5.10 Å². The summed E-state index contributed by atoms with van der Waals surface area (Å²) in [5.74, 6) is -0.274. The van der Waals surface area contributed by atoms with Gasteiger partial charge in [-0.15, -0.1) is 11.3 Å². The van der Waals surface area contributed by atoms with Gasteiger partial charge in [-0.05, 0) is 35.4 Å². The molecule has 0 aliphatic rings. The highest BCUT2D eigenvalue weighted by Gasteiger charge is 2.08. The largest absolute Gasteiger partial charge is 0.466 e. The third kappa shape index (κ3) is 4.64. The van der Waals surface area contributed by atoms with E-state index in [1.54, 1.807) is 13.1 Å². The van der Waals surface area contributed by atoms with Crippen molar-refractivity contribution in [1.29, 1.82) is 0 Å². The van der Waals surface area contributed by atoms with Crippen molar-refractivity contribution in [1.82, 2.24) is 4.98 Å². The Bertz CT molecular complexity index is 924. The predicted molar refractivity (Wildman–Crippen MR) is 105 cm³/mol. The second kappa shape index (κ2) is 8.22. The average molecular weight is 418 g/mol. The first-order valence-corrected chi connectivity index (χ1v) is 9.40. The number of aromatic nitrogens is 1. The number of esters is 1. The minimum atomic E-state index is -0.274. The van der Waals surface area contributed by atoms with Gasteiger partial charge in [0.15, 0.2) is 0 Å². The molecule has 2 aromatic carbocycles. The fourth-order valence-corrected chi connectivity index (χ4v) is 3.61. The lowest BCUT2D eigenvalue weighted by atomic mass is 10.1. The molecule has 0 fully saturated rings. The maximum atomic E-state index is 11.4. The van der Waals surface area contributed by atoms with Crippen LogP contribution in [0, 0.1) is 0 Å². The van der Waals surface area contributed by atoms with Crippen molar-refractivity contribution in [2.45, 2.75) is 13.3 Å². The minimum absolute atomic E-state index is 0.174. The second-order valence-corrected chi connectivity index (χ2v) is 6.93. The smallest absolute Gasteiger partial charge is 0.311 e. The molecule has 0 bridgehead atoms. The fraction of sp³-hybridized carbons (Fsp3) is 0.167. The van der Waals surface area contributed by atoms with Gasteiger partial charge in [0.25, 0.3) is 0 Å². The molecule has 0 radical (unpaired) electrons. The fourth-order valence-electron chi connectivity index (χ4n) is 2.32. The zero-order valence-electron chi connectivity index (χ0n) is 13.5. The van der Waals surface area contributed by atoms with E-state index >= 15 is 0 Å². The van der Waals surface area contributed by atoms with E-state index in [0.29, 0.717) is 17.4 Å². The highest BCUT2D eigenvalue weighted by molar-refractivity contribution is 9.10. The number of hydrazone groups is 1. The van der Waals surface area contributed by atoms with Gasteiger partial charge < -0.3 is 4.74 Å². The number of anilines is 1. The lowest BCUT2D eigenvalue weighted by Gasteiger charge is -2.02. The maximum Gasteiger partial charge on any atom is 0.311 e. The molecule has 0 aliphatic heterocycles. The van der Waals surface area contributed by atoms with Crippen molar-refractivity contribution in [3.05, 3.63) is 57.5 Å². The molecule has 128 valence electrons. The quantitative estimate of drug-likeness (QED) is 0.361. The molecule has 0 atom stereocenters. The summed E-state index contributed by atoms with van der Waals surface area (Å²) >= 11 is 4.98. The van der Waals surface area contributed by atoms with Gasteiger partial charge in [0.2, 0.25) is 5.13 Å². The first kappa shape index (κ1) is 17.6. The van der Waals surface area contributed by atoms with Crippen LogP contribution in [0.2, 0.25) is 0 Å². The van der Waals surface area contributed by atoms with E-state index < -0.39 is 0 Å². The number of thiazole rings is 1. The first-order chi connectivity index (χ1) is 12.2. The van der Waals surface area contributed by atoms with E-state index in [0.717, 1.165) is 20.8 Å². The third-order valence-corrected chi connectivity index (χ3v) is 4.84.